The minimum atomic E-state index is -0.599. The highest BCUT2D eigenvalue weighted by Gasteiger charge is 2.40. The van der Waals surface area contributed by atoms with E-state index < -0.39 is 5.54 Å². The first-order valence-electron chi connectivity index (χ1n) is 12.2. The highest BCUT2D eigenvalue weighted by Crippen LogP contribution is 2.43. The van der Waals surface area contributed by atoms with E-state index in [4.69, 9.17) is 9.72 Å². The van der Waals surface area contributed by atoms with Gasteiger partial charge in [-0.05, 0) is 47.4 Å². The van der Waals surface area contributed by atoms with E-state index in [0.717, 1.165) is 35.7 Å². The lowest BCUT2D eigenvalue weighted by Crippen LogP contribution is -2.37. The molecule has 0 spiro atoms. The fourth-order valence-electron chi connectivity index (χ4n) is 4.96. The maximum absolute atomic E-state index is 5.43. The lowest BCUT2D eigenvalue weighted by Gasteiger charge is -2.38. The Balaban J connectivity index is 1.89. The van der Waals surface area contributed by atoms with E-state index in [1.165, 1.54) is 16.7 Å². The van der Waals surface area contributed by atoms with Crippen LogP contribution in [-0.2, 0) is 12.0 Å². The molecule has 0 saturated heterocycles. The molecule has 0 saturated carbocycles. The molecule has 5 aromatic rings. The van der Waals surface area contributed by atoms with Gasteiger partial charge in [0.05, 0.1) is 12.8 Å². The van der Waals surface area contributed by atoms with Crippen LogP contribution in [0.1, 0.15) is 35.7 Å². The van der Waals surface area contributed by atoms with Gasteiger partial charge in [0.25, 0.3) is 0 Å². The van der Waals surface area contributed by atoms with Crippen molar-refractivity contribution in [1.29, 1.82) is 0 Å². The van der Waals surface area contributed by atoms with E-state index in [9.17, 15) is 0 Å². The quantitative estimate of drug-likeness (QED) is 0.227. The van der Waals surface area contributed by atoms with E-state index in [0.29, 0.717) is 0 Å². The molecule has 0 amide bonds. The van der Waals surface area contributed by atoms with Crippen molar-refractivity contribution in [1.82, 2.24) is 9.55 Å². The molecule has 1 heterocycles. The van der Waals surface area contributed by atoms with E-state index in [2.05, 4.69) is 121 Å². The second-order valence-electron chi connectivity index (χ2n) is 8.71. The molecule has 0 atom stereocenters. The van der Waals surface area contributed by atoms with Crippen molar-refractivity contribution in [3.05, 3.63) is 144 Å². The third kappa shape index (κ3) is 4.15. The Morgan fingerprint density at radius 3 is 1.60 bits per heavy atom. The van der Waals surface area contributed by atoms with Gasteiger partial charge in [0.2, 0.25) is 0 Å². The first kappa shape index (κ1) is 22.7. The van der Waals surface area contributed by atoms with Gasteiger partial charge >= 0.3 is 0 Å². The summed E-state index contributed by atoms with van der Waals surface area (Å²) in [5.74, 6) is 1.77. The Hall–Kier alpha value is -4.11. The molecule has 0 unspecified atom stereocenters. The number of nitrogens with zero attached hydrogens (tertiary/aromatic N) is 2. The van der Waals surface area contributed by atoms with Crippen molar-refractivity contribution in [3.8, 4) is 17.1 Å². The molecular formula is C32H30N2O. The maximum atomic E-state index is 5.43. The van der Waals surface area contributed by atoms with Gasteiger partial charge in [0.15, 0.2) is 0 Å². The summed E-state index contributed by atoms with van der Waals surface area (Å²) in [6.07, 6.45) is 4.20. The smallest absolute Gasteiger partial charge is 0.141 e. The third-order valence-corrected chi connectivity index (χ3v) is 6.55. The van der Waals surface area contributed by atoms with Crippen LogP contribution >= 0.6 is 0 Å². The molecule has 0 N–H and O–H groups in total. The second-order valence-corrected chi connectivity index (χ2v) is 8.71. The van der Waals surface area contributed by atoms with Gasteiger partial charge in [0, 0.05) is 11.8 Å². The largest absolute Gasteiger partial charge is 0.497 e. The predicted molar refractivity (Wildman–Crippen MR) is 143 cm³/mol. The summed E-state index contributed by atoms with van der Waals surface area (Å²) >= 11 is 0. The number of hydrogen-bond acceptors (Lipinski definition) is 2. The Kier molecular flexibility index (Phi) is 6.49. The van der Waals surface area contributed by atoms with E-state index >= 15 is 0 Å². The lowest BCUT2D eigenvalue weighted by molar-refractivity contribution is 0.415. The molecule has 0 aliphatic rings. The van der Waals surface area contributed by atoms with Crippen LogP contribution in [0.25, 0.3) is 11.4 Å². The molecule has 35 heavy (non-hydrogen) atoms. The Bertz CT molecular complexity index is 1260. The van der Waals surface area contributed by atoms with Crippen LogP contribution in [0.4, 0.5) is 0 Å². The highest BCUT2D eigenvalue weighted by molar-refractivity contribution is 5.62. The summed E-state index contributed by atoms with van der Waals surface area (Å²) in [6.45, 7) is 2.20. The summed E-state index contributed by atoms with van der Waals surface area (Å²) in [6, 6.07) is 40.4. The van der Waals surface area contributed by atoms with Crippen LogP contribution in [0.3, 0.4) is 0 Å². The molecular weight excluding hydrogens is 428 g/mol. The first-order chi connectivity index (χ1) is 17.3. The van der Waals surface area contributed by atoms with Crippen molar-refractivity contribution in [2.75, 3.05) is 7.11 Å². The van der Waals surface area contributed by atoms with Gasteiger partial charge in [-0.3, -0.25) is 0 Å². The van der Waals surface area contributed by atoms with Crippen molar-refractivity contribution in [2.45, 2.75) is 25.3 Å². The van der Waals surface area contributed by atoms with Gasteiger partial charge in [-0.1, -0.05) is 104 Å². The van der Waals surface area contributed by atoms with Gasteiger partial charge in [-0.2, -0.15) is 0 Å². The van der Waals surface area contributed by atoms with E-state index in [1.807, 2.05) is 12.1 Å². The topological polar surface area (TPSA) is 27.1 Å². The molecule has 0 bridgehead atoms. The van der Waals surface area contributed by atoms with Crippen molar-refractivity contribution >= 4 is 0 Å². The Morgan fingerprint density at radius 2 is 1.17 bits per heavy atom. The number of hydrogen-bond donors (Lipinski definition) is 0. The van der Waals surface area contributed by atoms with E-state index in [-0.39, 0.29) is 0 Å². The van der Waals surface area contributed by atoms with Crippen LogP contribution in [-0.4, -0.2) is 16.7 Å². The van der Waals surface area contributed by atoms with Crippen molar-refractivity contribution in [2.24, 2.45) is 0 Å². The fourth-order valence-corrected chi connectivity index (χ4v) is 4.96. The minimum Gasteiger partial charge on any atom is -0.497 e. The van der Waals surface area contributed by atoms with Crippen LogP contribution < -0.4 is 4.74 Å². The van der Waals surface area contributed by atoms with Gasteiger partial charge in [-0.15, -0.1) is 0 Å². The average Bonchev–Trinajstić information content (AvgIpc) is 3.35. The maximum Gasteiger partial charge on any atom is 0.141 e. The normalized spacial score (nSPS) is 11.4. The third-order valence-electron chi connectivity index (χ3n) is 6.55. The zero-order chi connectivity index (χ0) is 24.1. The number of methoxy groups -OCH3 is 1. The number of aromatic nitrogens is 2. The number of ether oxygens (including phenoxy) is 1. The summed E-state index contributed by atoms with van der Waals surface area (Å²) in [7, 11) is 1.69. The zero-order valence-electron chi connectivity index (χ0n) is 20.3. The Morgan fingerprint density at radius 1 is 0.686 bits per heavy atom. The average molecular weight is 459 g/mol. The molecule has 3 heteroatoms. The lowest BCUT2D eigenvalue weighted by atomic mass is 9.76. The molecule has 1 aromatic heterocycles. The Labute approximate surface area is 207 Å². The molecule has 5 rings (SSSR count). The van der Waals surface area contributed by atoms with Gasteiger partial charge in [0.1, 0.15) is 17.1 Å². The van der Waals surface area contributed by atoms with E-state index in [1.54, 1.807) is 7.11 Å². The SMILES string of the molecule is CCCc1cn(C(c2ccccc2)(c2ccccc2)c2ccccc2)c(-c2ccc(OC)cc2)n1. The summed E-state index contributed by atoms with van der Waals surface area (Å²) in [4.78, 5) is 5.19. The molecule has 0 fully saturated rings. The second kappa shape index (κ2) is 10.0. The number of rotatable bonds is 8. The molecule has 0 radical (unpaired) electrons. The number of imidazole rings is 1. The van der Waals surface area contributed by atoms with Crippen LogP contribution in [0.15, 0.2) is 121 Å². The molecule has 174 valence electrons. The first-order valence-corrected chi connectivity index (χ1v) is 12.2. The van der Waals surface area contributed by atoms with Crippen LogP contribution in [0.2, 0.25) is 0 Å². The summed E-state index contributed by atoms with van der Waals surface area (Å²) < 4.78 is 7.80. The monoisotopic (exact) mass is 458 g/mol. The van der Waals surface area contributed by atoms with Crippen LogP contribution in [0.5, 0.6) is 5.75 Å². The molecule has 0 aliphatic carbocycles. The highest BCUT2D eigenvalue weighted by atomic mass is 16.5. The number of benzene rings is 4. The van der Waals surface area contributed by atoms with Gasteiger partial charge in [-0.25, -0.2) is 4.98 Å². The standard InChI is InChI=1S/C32H30N2O/c1-3-13-29-24-34(31(33-29)25-20-22-30(35-2)23-21-25)32(26-14-7-4-8-15-26,27-16-9-5-10-17-27)28-18-11-6-12-19-28/h4-12,14-24H,3,13H2,1-2H3. The summed E-state index contributed by atoms with van der Waals surface area (Å²) in [5, 5.41) is 0. The van der Waals surface area contributed by atoms with Crippen LogP contribution in [0, 0.1) is 0 Å². The minimum absolute atomic E-state index is 0.599. The van der Waals surface area contributed by atoms with Crippen molar-refractivity contribution < 1.29 is 4.74 Å². The molecule has 4 aromatic carbocycles. The number of aryl methyl sites for hydroxylation is 1. The molecule has 3 nitrogen and oxygen atoms in total. The fraction of sp³-hybridized carbons (Fsp3) is 0.156. The molecule has 0 aliphatic heterocycles. The zero-order valence-corrected chi connectivity index (χ0v) is 20.3. The van der Waals surface area contributed by atoms with Gasteiger partial charge < -0.3 is 9.30 Å². The summed E-state index contributed by atoms with van der Waals surface area (Å²) in [5.41, 5.74) is 5.11. The van der Waals surface area contributed by atoms with Crippen molar-refractivity contribution in [3.63, 3.8) is 0 Å². The predicted octanol–water partition coefficient (Wildman–Crippen LogP) is 7.35.